The molecule has 5 nitrogen and oxygen atoms in total. The zero-order valence-corrected chi connectivity index (χ0v) is 10.5. The number of carbonyl (C=O) groups is 1. The molecule has 1 amide bonds. The molecule has 2 rings (SSSR count). The third-order valence-electron chi connectivity index (χ3n) is 3.31. The second-order valence-corrected chi connectivity index (χ2v) is 4.76. The Bertz CT molecular complexity index is 413. The van der Waals surface area contributed by atoms with Crippen LogP contribution in [0.4, 0.5) is 5.69 Å². The van der Waals surface area contributed by atoms with Gasteiger partial charge in [0.15, 0.2) is 0 Å². The van der Waals surface area contributed by atoms with Gasteiger partial charge in [0.1, 0.15) is 5.69 Å². The number of nitrogens with two attached hydrogens (primary N) is 1. The van der Waals surface area contributed by atoms with Crippen LogP contribution in [0.2, 0.25) is 0 Å². The first kappa shape index (κ1) is 12.0. The van der Waals surface area contributed by atoms with Gasteiger partial charge in [-0.25, -0.2) is 0 Å². The molecule has 2 heterocycles. The molecule has 0 bridgehead atoms. The lowest BCUT2D eigenvalue weighted by Gasteiger charge is -2.31. The van der Waals surface area contributed by atoms with Gasteiger partial charge in [-0.1, -0.05) is 6.92 Å². The van der Waals surface area contributed by atoms with Gasteiger partial charge in [-0.3, -0.25) is 9.48 Å². The summed E-state index contributed by atoms with van der Waals surface area (Å²) in [5.41, 5.74) is 6.85. The monoisotopic (exact) mass is 236 g/mol. The average Bonchev–Trinajstić information content (AvgIpc) is 2.69. The van der Waals surface area contributed by atoms with Crippen LogP contribution >= 0.6 is 0 Å². The van der Waals surface area contributed by atoms with E-state index in [1.54, 1.807) is 10.9 Å². The summed E-state index contributed by atoms with van der Waals surface area (Å²) < 4.78 is 1.68. The number of aryl methyl sites for hydroxylation is 1. The average molecular weight is 236 g/mol. The summed E-state index contributed by atoms with van der Waals surface area (Å²) in [6.45, 7) is 6.47. The van der Waals surface area contributed by atoms with E-state index in [1.165, 1.54) is 6.42 Å². The number of rotatable bonds is 2. The fourth-order valence-electron chi connectivity index (χ4n) is 2.40. The zero-order valence-electron chi connectivity index (χ0n) is 10.5. The Balaban J connectivity index is 2.21. The molecule has 2 N–H and O–H groups in total. The Labute approximate surface area is 102 Å². The molecule has 0 radical (unpaired) electrons. The smallest absolute Gasteiger partial charge is 0.274 e. The lowest BCUT2D eigenvalue weighted by molar-refractivity contribution is 0.0671. The van der Waals surface area contributed by atoms with Gasteiger partial charge < -0.3 is 10.6 Å². The molecule has 94 valence electrons. The lowest BCUT2D eigenvalue weighted by Crippen LogP contribution is -2.40. The van der Waals surface area contributed by atoms with Gasteiger partial charge >= 0.3 is 0 Å². The summed E-state index contributed by atoms with van der Waals surface area (Å²) in [6, 6.07) is 0. The highest BCUT2D eigenvalue weighted by Gasteiger charge is 2.26. The van der Waals surface area contributed by atoms with E-state index in [-0.39, 0.29) is 5.91 Å². The molecule has 17 heavy (non-hydrogen) atoms. The van der Waals surface area contributed by atoms with Gasteiger partial charge in [0, 0.05) is 19.6 Å². The summed E-state index contributed by atoms with van der Waals surface area (Å²) in [5, 5.41) is 4.11. The summed E-state index contributed by atoms with van der Waals surface area (Å²) in [7, 11) is 0. The highest BCUT2D eigenvalue weighted by atomic mass is 16.2. The molecule has 1 aromatic rings. The number of aromatic nitrogens is 2. The van der Waals surface area contributed by atoms with Crippen LogP contribution in [0.25, 0.3) is 0 Å². The van der Waals surface area contributed by atoms with Gasteiger partial charge in [0.05, 0.1) is 11.9 Å². The van der Waals surface area contributed by atoms with Gasteiger partial charge in [-0.05, 0) is 25.7 Å². The molecule has 0 aliphatic carbocycles. The molecule has 5 heteroatoms. The highest BCUT2D eigenvalue weighted by Crippen LogP contribution is 2.20. The maximum absolute atomic E-state index is 12.4. The summed E-state index contributed by atoms with van der Waals surface area (Å²) in [5.74, 6) is 0.598. The summed E-state index contributed by atoms with van der Waals surface area (Å²) in [4.78, 5) is 14.3. The Morgan fingerprint density at radius 1 is 1.65 bits per heavy atom. The van der Waals surface area contributed by atoms with E-state index in [4.69, 9.17) is 5.73 Å². The first-order valence-electron chi connectivity index (χ1n) is 6.24. The van der Waals surface area contributed by atoms with E-state index in [1.807, 2.05) is 11.8 Å². The number of hydrogen-bond donors (Lipinski definition) is 1. The molecule has 1 atom stereocenters. The Hall–Kier alpha value is -1.52. The number of hydrogen-bond acceptors (Lipinski definition) is 3. The third-order valence-corrected chi connectivity index (χ3v) is 3.31. The van der Waals surface area contributed by atoms with E-state index in [0.717, 1.165) is 19.5 Å². The molecule has 1 aliphatic heterocycles. The Morgan fingerprint density at radius 2 is 2.41 bits per heavy atom. The Kier molecular flexibility index (Phi) is 3.36. The van der Waals surface area contributed by atoms with Crippen molar-refractivity contribution in [1.29, 1.82) is 0 Å². The predicted octanol–water partition coefficient (Wildman–Crippen LogP) is 1.36. The van der Waals surface area contributed by atoms with Crippen molar-refractivity contribution in [1.82, 2.24) is 14.7 Å². The molecule has 0 spiro atoms. The number of likely N-dealkylation sites (tertiary alicyclic amines) is 1. The van der Waals surface area contributed by atoms with Crippen molar-refractivity contribution in [3.05, 3.63) is 11.9 Å². The quantitative estimate of drug-likeness (QED) is 0.843. The zero-order chi connectivity index (χ0) is 12.4. The minimum Gasteiger partial charge on any atom is -0.396 e. The molecular formula is C12H20N4O. The maximum Gasteiger partial charge on any atom is 0.274 e. The number of carbonyl (C=O) groups excluding carboxylic acids is 1. The molecule has 1 fully saturated rings. The largest absolute Gasteiger partial charge is 0.396 e. The van der Waals surface area contributed by atoms with Gasteiger partial charge in [0.2, 0.25) is 0 Å². The predicted molar refractivity (Wildman–Crippen MR) is 66.6 cm³/mol. The summed E-state index contributed by atoms with van der Waals surface area (Å²) in [6.07, 6.45) is 3.84. The van der Waals surface area contributed by atoms with Gasteiger partial charge in [-0.15, -0.1) is 0 Å². The number of nitrogen functional groups attached to an aromatic ring is 1. The van der Waals surface area contributed by atoms with Crippen LogP contribution in [-0.4, -0.2) is 33.7 Å². The first-order valence-corrected chi connectivity index (χ1v) is 6.24. The van der Waals surface area contributed by atoms with Crippen LogP contribution in [0.5, 0.6) is 0 Å². The van der Waals surface area contributed by atoms with Crippen molar-refractivity contribution in [3.63, 3.8) is 0 Å². The van der Waals surface area contributed by atoms with Crippen LogP contribution in [0.3, 0.4) is 0 Å². The van der Waals surface area contributed by atoms with Crippen molar-refractivity contribution >= 4 is 11.6 Å². The fraction of sp³-hybridized carbons (Fsp3) is 0.667. The first-order chi connectivity index (χ1) is 8.13. The van der Waals surface area contributed by atoms with E-state index in [0.29, 0.717) is 23.8 Å². The van der Waals surface area contributed by atoms with Gasteiger partial charge in [-0.2, -0.15) is 5.10 Å². The van der Waals surface area contributed by atoms with Crippen molar-refractivity contribution in [2.45, 2.75) is 33.2 Å². The van der Waals surface area contributed by atoms with Gasteiger partial charge in [0.25, 0.3) is 5.91 Å². The second kappa shape index (κ2) is 4.77. The van der Waals surface area contributed by atoms with Crippen LogP contribution < -0.4 is 5.73 Å². The van der Waals surface area contributed by atoms with E-state index in [9.17, 15) is 4.79 Å². The van der Waals surface area contributed by atoms with E-state index < -0.39 is 0 Å². The van der Waals surface area contributed by atoms with E-state index in [2.05, 4.69) is 12.0 Å². The van der Waals surface area contributed by atoms with Crippen LogP contribution in [0, 0.1) is 5.92 Å². The van der Waals surface area contributed by atoms with Crippen molar-refractivity contribution in [2.24, 2.45) is 5.92 Å². The van der Waals surface area contributed by atoms with Crippen LogP contribution in [0.1, 0.15) is 37.2 Å². The molecule has 0 aromatic carbocycles. The maximum atomic E-state index is 12.4. The third kappa shape index (κ3) is 2.28. The van der Waals surface area contributed by atoms with Crippen molar-refractivity contribution in [2.75, 3.05) is 18.8 Å². The minimum atomic E-state index is 0.0217. The molecular weight excluding hydrogens is 216 g/mol. The molecule has 1 saturated heterocycles. The normalized spacial score (nSPS) is 20.6. The SMILES string of the molecule is CCn1ncc(N)c1C(=O)N1CCCC(C)C1. The summed E-state index contributed by atoms with van der Waals surface area (Å²) >= 11 is 0. The molecule has 0 saturated carbocycles. The topological polar surface area (TPSA) is 64.2 Å². The van der Waals surface area contributed by atoms with Crippen LogP contribution in [0.15, 0.2) is 6.20 Å². The second-order valence-electron chi connectivity index (χ2n) is 4.76. The lowest BCUT2D eigenvalue weighted by atomic mass is 10.00. The number of anilines is 1. The molecule has 1 aliphatic rings. The van der Waals surface area contributed by atoms with Crippen LogP contribution in [-0.2, 0) is 6.54 Å². The number of piperidine rings is 1. The van der Waals surface area contributed by atoms with Crippen molar-refractivity contribution < 1.29 is 4.79 Å². The number of amides is 1. The number of nitrogens with zero attached hydrogens (tertiary/aromatic N) is 3. The highest BCUT2D eigenvalue weighted by molar-refractivity contribution is 5.97. The fourth-order valence-corrected chi connectivity index (χ4v) is 2.40. The molecule has 1 aromatic heterocycles. The van der Waals surface area contributed by atoms with Crippen molar-refractivity contribution in [3.8, 4) is 0 Å². The standard InChI is InChI=1S/C12H20N4O/c1-3-16-11(10(13)7-14-16)12(17)15-6-4-5-9(2)8-15/h7,9H,3-6,8,13H2,1-2H3. The Morgan fingerprint density at radius 3 is 3.06 bits per heavy atom. The van der Waals surface area contributed by atoms with E-state index >= 15 is 0 Å². The molecule has 1 unspecified atom stereocenters. The minimum absolute atomic E-state index is 0.0217.